The maximum Gasteiger partial charge on any atom is 0.439 e. The summed E-state index contributed by atoms with van der Waals surface area (Å²) < 4.78 is 10.2. The zero-order valence-corrected chi connectivity index (χ0v) is 22.7. The molecule has 1 N–H and O–H groups in total. The minimum absolute atomic E-state index is 0.157. The van der Waals surface area contributed by atoms with Crippen molar-refractivity contribution in [3.8, 4) is 28.3 Å². The summed E-state index contributed by atoms with van der Waals surface area (Å²) in [5.41, 5.74) is 3.76. The number of H-pyrrole nitrogens is 1. The number of hydrogen-bond acceptors (Lipinski definition) is 9. The summed E-state index contributed by atoms with van der Waals surface area (Å²) in [5, 5.41) is 3.82. The molecular weight excluding hydrogens is 510 g/mol. The van der Waals surface area contributed by atoms with E-state index in [4.69, 9.17) is 4.74 Å². The van der Waals surface area contributed by atoms with Crippen LogP contribution in [0.5, 0.6) is 5.75 Å². The summed E-state index contributed by atoms with van der Waals surface area (Å²) >= 11 is 0. The molecule has 1 unspecified atom stereocenters. The maximum atomic E-state index is 13.7. The second-order valence-corrected chi connectivity index (χ2v) is 9.41. The number of nitrogens with one attached hydrogen (secondary N) is 1. The van der Waals surface area contributed by atoms with E-state index in [2.05, 4.69) is 41.4 Å². The molecule has 0 aliphatic carbocycles. The highest BCUT2D eigenvalue weighted by molar-refractivity contribution is 6.06. The van der Waals surface area contributed by atoms with Gasteiger partial charge in [0.15, 0.2) is 11.6 Å². The molecule has 11 heteroatoms. The number of amides is 1. The van der Waals surface area contributed by atoms with E-state index >= 15 is 0 Å². The van der Waals surface area contributed by atoms with Crippen LogP contribution in [-0.2, 0) is 11.2 Å². The number of unbranched alkanes of at least 4 members (excludes halogenated alkanes) is 1. The van der Waals surface area contributed by atoms with Gasteiger partial charge in [0.05, 0.1) is 19.0 Å². The molecule has 1 aliphatic heterocycles. The van der Waals surface area contributed by atoms with E-state index in [0.29, 0.717) is 36.1 Å². The number of rotatable bonds is 10. The molecule has 1 amide bonds. The van der Waals surface area contributed by atoms with Gasteiger partial charge in [0.1, 0.15) is 6.17 Å². The average Bonchev–Trinajstić information content (AvgIpc) is 3.41. The Labute approximate surface area is 231 Å². The molecule has 1 aliphatic rings. The lowest BCUT2D eigenvalue weighted by Crippen LogP contribution is -2.53. The van der Waals surface area contributed by atoms with Gasteiger partial charge in [0, 0.05) is 47.8 Å². The third kappa shape index (κ3) is 5.63. The van der Waals surface area contributed by atoms with Gasteiger partial charge in [0.2, 0.25) is 5.95 Å². The summed E-state index contributed by atoms with van der Waals surface area (Å²) in [4.78, 5) is 45.1. The summed E-state index contributed by atoms with van der Waals surface area (Å²) in [6, 6.07) is 11.4. The standard InChI is InChI=1S/C29H31N7O4/c1-4-6-13-35-18-21(27(37)36(19(35)3)28-31-16-23(17-32-28)39-5-2)14-22-12-11-20(15-30-22)24-9-7-8-10-25(24)26-33-29(38)40-34-26/h7-12,15-19H,4-6,13-14H2,1-3H3,(H,33,34,38). The zero-order chi connectivity index (χ0) is 28.1. The van der Waals surface area contributed by atoms with Crippen LogP contribution in [0.25, 0.3) is 22.5 Å². The van der Waals surface area contributed by atoms with Crippen molar-refractivity contribution in [2.75, 3.05) is 18.1 Å². The molecule has 1 aromatic carbocycles. The normalized spacial score (nSPS) is 15.3. The summed E-state index contributed by atoms with van der Waals surface area (Å²) in [6.07, 6.45) is 9.01. The van der Waals surface area contributed by atoms with Crippen molar-refractivity contribution in [2.45, 2.75) is 46.2 Å². The number of hydrogen-bond donors (Lipinski definition) is 1. The van der Waals surface area contributed by atoms with Gasteiger partial charge in [-0.05, 0) is 31.9 Å². The number of aromatic nitrogens is 5. The van der Waals surface area contributed by atoms with Gasteiger partial charge in [-0.3, -0.25) is 24.2 Å². The largest absolute Gasteiger partial charge is 0.491 e. The van der Waals surface area contributed by atoms with E-state index in [1.54, 1.807) is 23.5 Å². The first-order valence-electron chi connectivity index (χ1n) is 13.3. The lowest BCUT2D eigenvalue weighted by Gasteiger charge is -2.40. The number of carbonyl (C=O) groups is 1. The molecule has 206 valence electrons. The highest BCUT2D eigenvalue weighted by Crippen LogP contribution is 2.30. The minimum Gasteiger partial charge on any atom is -0.491 e. The Balaban J connectivity index is 1.41. The molecule has 0 saturated carbocycles. The van der Waals surface area contributed by atoms with E-state index in [1.807, 2.05) is 56.4 Å². The van der Waals surface area contributed by atoms with E-state index < -0.39 is 5.76 Å². The first kappa shape index (κ1) is 26.8. The Morgan fingerprint density at radius 2 is 1.77 bits per heavy atom. The SMILES string of the molecule is CCCCN1C=C(Cc2ccc(-c3ccccc3-c3noc(=O)[nH]3)cn2)C(=O)N(c2ncc(OCC)cn2)C1C. The molecule has 4 aromatic rings. The van der Waals surface area contributed by atoms with Crippen LogP contribution in [0.3, 0.4) is 0 Å². The topological polar surface area (TPSA) is 130 Å². The van der Waals surface area contributed by atoms with Crippen LogP contribution in [0.2, 0.25) is 0 Å². The third-order valence-corrected chi connectivity index (χ3v) is 6.71. The molecule has 3 aromatic heterocycles. The number of aromatic amines is 1. The number of ether oxygens (including phenoxy) is 1. The smallest absolute Gasteiger partial charge is 0.439 e. The van der Waals surface area contributed by atoms with Gasteiger partial charge in [-0.25, -0.2) is 14.8 Å². The number of carbonyl (C=O) groups excluding carboxylic acids is 1. The summed E-state index contributed by atoms with van der Waals surface area (Å²) in [5.74, 6) is 0.466. The number of nitrogens with zero attached hydrogens (tertiary/aromatic N) is 6. The highest BCUT2D eigenvalue weighted by Gasteiger charge is 2.34. The van der Waals surface area contributed by atoms with Crippen LogP contribution in [0, 0.1) is 0 Å². The van der Waals surface area contributed by atoms with Crippen LogP contribution in [0.4, 0.5) is 5.95 Å². The molecule has 1 atom stereocenters. The van der Waals surface area contributed by atoms with Gasteiger partial charge >= 0.3 is 5.76 Å². The Morgan fingerprint density at radius 1 is 1.00 bits per heavy atom. The molecule has 0 radical (unpaired) electrons. The molecule has 11 nitrogen and oxygen atoms in total. The van der Waals surface area contributed by atoms with Crippen molar-refractivity contribution >= 4 is 11.9 Å². The second-order valence-electron chi connectivity index (χ2n) is 9.41. The maximum absolute atomic E-state index is 13.7. The van der Waals surface area contributed by atoms with Crippen molar-refractivity contribution in [1.82, 2.24) is 30.0 Å². The van der Waals surface area contributed by atoms with E-state index in [-0.39, 0.29) is 12.1 Å². The molecule has 5 rings (SSSR count). The van der Waals surface area contributed by atoms with Gasteiger partial charge in [-0.15, -0.1) is 0 Å². The Kier molecular flexibility index (Phi) is 7.99. The summed E-state index contributed by atoms with van der Waals surface area (Å²) in [7, 11) is 0. The predicted octanol–water partition coefficient (Wildman–Crippen LogP) is 4.20. The van der Waals surface area contributed by atoms with Crippen LogP contribution in [-0.4, -0.2) is 55.2 Å². The number of anilines is 1. The number of pyridine rings is 1. The average molecular weight is 542 g/mol. The highest BCUT2D eigenvalue weighted by atomic mass is 16.5. The van der Waals surface area contributed by atoms with E-state index in [9.17, 15) is 9.59 Å². The van der Waals surface area contributed by atoms with E-state index in [0.717, 1.165) is 41.8 Å². The van der Waals surface area contributed by atoms with E-state index in [1.165, 1.54) is 0 Å². The first-order chi connectivity index (χ1) is 19.5. The molecule has 0 bridgehead atoms. The van der Waals surface area contributed by atoms with Crippen molar-refractivity contribution in [1.29, 1.82) is 0 Å². The van der Waals surface area contributed by atoms with Crippen molar-refractivity contribution in [3.05, 3.63) is 83.0 Å². The van der Waals surface area contributed by atoms with Crippen molar-refractivity contribution in [2.24, 2.45) is 0 Å². The van der Waals surface area contributed by atoms with Crippen LogP contribution in [0.1, 0.15) is 39.3 Å². The third-order valence-electron chi connectivity index (χ3n) is 6.71. The Morgan fingerprint density at radius 3 is 2.42 bits per heavy atom. The molecule has 0 fully saturated rings. The molecular formula is C29H31N7O4. The van der Waals surface area contributed by atoms with Gasteiger partial charge < -0.3 is 9.64 Å². The quantitative estimate of drug-likeness (QED) is 0.314. The fourth-order valence-corrected chi connectivity index (χ4v) is 4.65. The first-order valence-corrected chi connectivity index (χ1v) is 13.3. The lowest BCUT2D eigenvalue weighted by atomic mass is 9.99. The molecule has 4 heterocycles. The molecule has 40 heavy (non-hydrogen) atoms. The van der Waals surface area contributed by atoms with Crippen LogP contribution in [0.15, 0.2) is 76.1 Å². The van der Waals surface area contributed by atoms with Gasteiger partial charge in [-0.1, -0.05) is 48.8 Å². The fourth-order valence-electron chi connectivity index (χ4n) is 4.65. The molecule has 0 spiro atoms. The number of benzene rings is 1. The minimum atomic E-state index is -0.615. The van der Waals surface area contributed by atoms with Crippen LogP contribution < -0.4 is 15.4 Å². The van der Waals surface area contributed by atoms with Crippen LogP contribution >= 0.6 is 0 Å². The second kappa shape index (κ2) is 11.9. The lowest BCUT2D eigenvalue weighted by molar-refractivity contribution is -0.117. The Bertz CT molecular complexity index is 1540. The monoisotopic (exact) mass is 541 g/mol. The van der Waals surface area contributed by atoms with Gasteiger partial charge in [0.25, 0.3) is 5.91 Å². The van der Waals surface area contributed by atoms with Gasteiger partial charge in [-0.2, -0.15) is 0 Å². The predicted molar refractivity (Wildman–Crippen MR) is 149 cm³/mol. The summed E-state index contributed by atoms with van der Waals surface area (Å²) in [6.45, 7) is 7.32. The fraction of sp³-hybridized carbons (Fsp3) is 0.310. The van der Waals surface area contributed by atoms with Crippen molar-refractivity contribution in [3.63, 3.8) is 0 Å². The zero-order valence-electron chi connectivity index (χ0n) is 22.7. The van der Waals surface area contributed by atoms with Crippen molar-refractivity contribution < 1.29 is 14.1 Å². The Hall–Kier alpha value is -4.80. The molecule has 0 saturated heterocycles.